The Kier molecular flexibility index (Phi) is 6.55. The van der Waals surface area contributed by atoms with Gasteiger partial charge in [-0.25, -0.2) is 5.43 Å². The Hall–Kier alpha value is -1.03. The predicted molar refractivity (Wildman–Crippen MR) is 89.3 cm³/mol. The fourth-order valence-electron chi connectivity index (χ4n) is 2.64. The molecule has 3 N–H and O–H groups in total. The van der Waals surface area contributed by atoms with Crippen molar-refractivity contribution in [2.45, 2.75) is 57.9 Å². The van der Waals surface area contributed by atoms with Crippen LogP contribution in [-0.4, -0.2) is 0 Å². The zero-order valence-corrected chi connectivity index (χ0v) is 13.5. The number of fused-ring (bicyclic) bond motifs is 1. The summed E-state index contributed by atoms with van der Waals surface area (Å²) in [5.74, 6) is 6.57. The molecule has 1 aromatic heterocycles. The van der Waals surface area contributed by atoms with Crippen LogP contribution in [0.15, 0.2) is 28.7 Å². The lowest BCUT2D eigenvalue weighted by Gasteiger charge is -2.12. The van der Waals surface area contributed by atoms with Crippen LogP contribution in [0.25, 0.3) is 11.0 Å². The third-order valence-electron chi connectivity index (χ3n) is 3.89. The van der Waals surface area contributed by atoms with E-state index >= 15 is 0 Å². The van der Waals surface area contributed by atoms with Crippen LogP contribution in [0.5, 0.6) is 0 Å². The molecule has 2 rings (SSSR count). The van der Waals surface area contributed by atoms with Gasteiger partial charge in [-0.1, -0.05) is 57.0 Å². The Morgan fingerprint density at radius 2 is 1.90 bits per heavy atom. The molecule has 1 unspecified atom stereocenters. The number of halogens is 1. The number of unbranched alkanes of at least 4 members (excludes halogenated alkanes) is 5. The molecule has 0 spiro atoms. The molecule has 4 heteroatoms. The molecule has 3 nitrogen and oxygen atoms in total. The van der Waals surface area contributed by atoms with Crippen molar-refractivity contribution in [2.24, 2.45) is 5.84 Å². The van der Waals surface area contributed by atoms with Gasteiger partial charge in [0.1, 0.15) is 11.3 Å². The molecule has 0 fully saturated rings. The van der Waals surface area contributed by atoms with E-state index in [0.29, 0.717) is 0 Å². The third-order valence-corrected chi connectivity index (χ3v) is 4.12. The molecule has 0 aliphatic carbocycles. The number of hydrazine groups is 1. The standard InChI is InChI=1S/C17H25ClN2O/c1-2-3-4-5-6-7-8-15(20-19)17-12-13-11-14(18)9-10-16(13)21-17/h9-12,15,20H,2-8,19H2,1H3. The third kappa shape index (κ3) is 4.73. The van der Waals surface area contributed by atoms with E-state index in [1.807, 2.05) is 24.3 Å². The van der Waals surface area contributed by atoms with Crippen molar-refractivity contribution >= 4 is 22.6 Å². The van der Waals surface area contributed by atoms with Crippen molar-refractivity contribution in [1.29, 1.82) is 0 Å². The van der Waals surface area contributed by atoms with Crippen LogP contribution in [0.3, 0.4) is 0 Å². The van der Waals surface area contributed by atoms with Crippen LogP contribution >= 0.6 is 11.6 Å². The summed E-state index contributed by atoms with van der Waals surface area (Å²) in [4.78, 5) is 0. The molecule has 0 bridgehead atoms. The lowest BCUT2D eigenvalue weighted by atomic mass is 10.0. The van der Waals surface area contributed by atoms with Crippen molar-refractivity contribution in [1.82, 2.24) is 5.43 Å². The van der Waals surface area contributed by atoms with Crippen molar-refractivity contribution < 1.29 is 4.42 Å². The van der Waals surface area contributed by atoms with E-state index in [4.69, 9.17) is 21.9 Å². The number of nitrogens with one attached hydrogen (secondary N) is 1. The van der Waals surface area contributed by atoms with E-state index in [-0.39, 0.29) is 6.04 Å². The largest absolute Gasteiger partial charge is 0.459 e. The molecule has 0 saturated heterocycles. The fourth-order valence-corrected chi connectivity index (χ4v) is 2.82. The van der Waals surface area contributed by atoms with E-state index in [0.717, 1.165) is 34.6 Å². The second kappa shape index (κ2) is 8.42. The van der Waals surface area contributed by atoms with Gasteiger partial charge in [0.25, 0.3) is 0 Å². The topological polar surface area (TPSA) is 51.2 Å². The van der Waals surface area contributed by atoms with Crippen LogP contribution in [0.2, 0.25) is 5.02 Å². The van der Waals surface area contributed by atoms with Gasteiger partial charge in [-0.05, 0) is 30.7 Å². The number of rotatable bonds is 9. The smallest absolute Gasteiger partial charge is 0.134 e. The van der Waals surface area contributed by atoms with Gasteiger partial charge in [-0.3, -0.25) is 5.84 Å². The summed E-state index contributed by atoms with van der Waals surface area (Å²) in [5, 5.41) is 1.75. The van der Waals surface area contributed by atoms with Crippen LogP contribution in [0.1, 0.15) is 63.7 Å². The molecular weight excluding hydrogens is 284 g/mol. The molecular formula is C17H25ClN2O. The Balaban J connectivity index is 1.90. The van der Waals surface area contributed by atoms with Gasteiger partial charge in [0.2, 0.25) is 0 Å². The Morgan fingerprint density at radius 3 is 2.67 bits per heavy atom. The molecule has 0 aliphatic rings. The molecule has 21 heavy (non-hydrogen) atoms. The average molecular weight is 309 g/mol. The van der Waals surface area contributed by atoms with Gasteiger partial charge in [-0.15, -0.1) is 0 Å². The number of hydrogen-bond acceptors (Lipinski definition) is 3. The van der Waals surface area contributed by atoms with E-state index in [1.165, 1.54) is 32.1 Å². The zero-order chi connectivity index (χ0) is 15.1. The minimum Gasteiger partial charge on any atom is -0.459 e. The first-order valence-electron chi connectivity index (χ1n) is 7.89. The number of furan rings is 1. The van der Waals surface area contributed by atoms with Crippen LogP contribution in [-0.2, 0) is 0 Å². The quantitative estimate of drug-likeness (QED) is 0.373. The normalized spacial score (nSPS) is 12.9. The highest BCUT2D eigenvalue weighted by molar-refractivity contribution is 6.31. The van der Waals surface area contributed by atoms with Crippen molar-refractivity contribution in [3.8, 4) is 0 Å². The van der Waals surface area contributed by atoms with Crippen molar-refractivity contribution in [2.75, 3.05) is 0 Å². The summed E-state index contributed by atoms with van der Waals surface area (Å²) in [6.45, 7) is 2.24. The molecule has 1 heterocycles. The zero-order valence-electron chi connectivity index (χ0n) is 12.7. The summed E-state index contributed by atoms with van der Waals surface area (Å²) in [5.41, 5.74) is 3.73. The van der Waals surface area contributed by atoms with Gasteiger partial charge in [0.15, 0.2) is 0 Å². The van der Waals surface area contributed by atoms with Gasteiger partial charge in [-0.2, -0.15) is 0 Å². The van der Waals surface area contributed by atoms with E-state index in [2.05, 4.69) is 12.3 Å². The van der Waals surface area contributed by atoms with E-state index in [1.54, 1.807) is 0 Å². The maximum Gasteiger partial charge on any atom is 0.134 e. The minimum absolute atomic E-state index is 0.0716. The monoisotopic (exact) mass is 308 g/mol. The van der Waals surface area contributed by atoms with Crippen molar-refractivity contribution in [3.05, 3.63) is 35.0 Å². The van der Waals surface area contributed by atoms with E-state index < -0.39 is 0 Å². The highest BCUT2D eigenvalue weighted by atomic mass is 35.5. The predicted octanol–water partition coefficient (Wildman–Crippen LogP) is 5.34. The van der Waals surface area contributed by atoms with Crippen molar-refractivity contribution in [3.63, 3.8) is 0 Å². The Morgan fingerprint density at radius 1 is 1.14 bits per heavy atom. The first-order valence-corrected chi connectivity index (χ1v) is 8.27. The molecule has 0 amide bonds. The molecule has 0 saturated carbocycles. The van der Waals surface area contributed by atoms with Crippen LogP contribution < -0.4 is 11.3 Å². The van der Waals surface area contributed by atoms with E-state index in [9.17, 15) is 0 Å². The summed E-state index contributed by atoms with van der Waals surface area (Å²) in [6, 6.07) is 7.77. The van der Waals surface area contributed by atoms with Gasteiger partial charge >= 0.3 is 0 Å². The van der Waals surface area contributed by atoms with Crippen LogP contribution in [0.4, 0.5) is 0 Å². The fraction of sp³-hybridized carbons (Fsp3) is 0.529. The van der Waals surface area contributed by atoms with Gasteiger partial charge < -0.3 is 4.42 Å². The maximum absolute atomic E-state index is 6.00. The SMILES string of the molecule is CCCCCCCCC(NN)c1cc2cc(Cl)ccc2o1. The minimum atomic E-state index is 0.0716. The summed E-state index contributed by atoms with van der Waals surface area (Å²) < 4.78 is 5.87. The number of benzene rings is 1. The second-order valence-corrected chi connectivity index (χ2v) is 6.04. The summed E-state index contributed by atoms with van der Waals surface area (Å²) in [7, 11) is 0. The molecule has 116 valence electrons. The number of nitrogens with two attached hydrogens (primary N) is 1. The van der Waals surface area contributed by atoms with Gasteiger partial charge in [0, 0.05) is 10.4 Å². The highest BCUT2D eigenvalue weighted by Gasteiger charge is 2.14. The Labute approximate surface area is 131 Å². The Bertz CT molecular complexity index is 553. The first kappa shape index (κ1) is 16.3. The molecule has 0 radical (unpaired) electrons. The highest BCUT2D eigenvalue weighted by Crippen LogP contribution is 2.28. The molecule has 2 aromatic rings. The lowest BCUT2D eigenvalue weighted by molar-refractivity contribution is 0.402. The maximum atomic E-state index is 6.00. The van der Waals surface area contributed by atoms with Gasteiger partial charge in [0.05, 0.1) is 6.04 Å². The summed E-state index contributed by atoms with van der Waals surface area (Å²) >= 11 is 6.00. The second-order valence-electron chi connectivity index (χ2n) is 5.61. The molecule has 1 aromatic carbocycles. The number of hydrogen-bond donors (Lipinski definition) is 2. The van der Waals surface area contributed by atoms with Crippen LogP contribution in [0, 0.1) is 0 Å². The average Bonchev–Trinajstić information content (AvgIpc) is 2.89. The molecule has 1 atom stereocenters. The summed E-state index contributed by atoms with van der Waals surface area (Å²) in [6.07, 6.45) is 8.68. The molecule has 0 aliphatic heterocycles. The first-order chi connectivity index (χ1) is 10.2. The lowest BCUT2D eigenvalue weighted by Crippen LogP contribution is -2.27.